The van der Waals surface area contributed by atoms with Crippen LogP contribution in [-0.4, -0.2) is 14.3 Å². The van der Waals surface area contributed by atoms with E-state index in [0.717, 1.165) is 11.5 Å². The summed E-state index contributed by atoms with van der Waals surface area (Å²) in [5.41, 5.74) is 7.50. The molecule has 3 heterocycles. The fourth-order valence-corrected chi connectivity index (χ4v) is 15.6. The summed E-state index contributed by atoms with van der Waals surface area (Å²) in [5, 5.41) is 5.14. The van der Waals surface area contributed by atoms with Crippen molar-refractivity contribution in [2.75, 3.05) is 9.80 Å². The number of benzene rings is 7. The number of para-hydroxylation sites is 2. The van der Waals surface area contributed by atoms with E-state index in [1.807, 2.05) is 0 Å². The Kier molecular flexibility index (Phi) is 4.47. The summed E-state index contributed by atoms with van der Waals surface area (Å²) in [6, 6.07) is 50.9. The Bertz CT molecular complexity index is 2230. The van der Waals surface area contributed by atoms with E-state index in [9.17, 15) is 0 Å². The fourth-order valence-electron chi connectivity index (χ4n) is 7.56. The molecule has 1 atom stereocenters. The molecular weight excluding hydrogens is 573 g/mol. The zero-order valence-corrected chi connectivity index (χ0v) is 25.1. The van der Waals surface area contributed by atoms with Crippen molar-refractivity contribution in [3.8, 4) is 11.5 Å². The Balaban J connectivity index is 1.45. The molecule has 0 saturated carbocycles. The van der Waals surface area contributed by atoms with Gasteiger partial charge in [0.2, 0.25) is 0 Å². The molecule has 0 aromatic heterocycles. The van der Waals surface area contributed by atoms with E-state index in [1.54, 1.807) is 0 Å². The maximum atomic E-state index is 6.76. The molecular formula is C38H24GeN2O. The van der Waals surface area contributed by atoms with Crippen LogP contribution < -0.4 is 27.7 Å². The molecule has 0 bridgehead atoms. The first-order valence-electron chi connectivity index (χ1n) is 14.5. The average Bonchev–Trinajstić information content (AvgIpc) is 3.05. The molecule has 0 radical (unpaired) electrons. The van der Waals surface area contributed by atoms with E-state index in [0.29, 0.717) is 0 Å². The third-order valence-corrected chi connectivity index (χ3v) is 16.4. The summed E-state index contributed by atoms with van der Waals surface area (Å²) in [7, 11) is 0. The fraction of sp³-hybridized carbons (Fsp3) is 0. The van der Waals surface area contributed by atoms with Gasteiger partial charge in [-0.2, -0.15) is 0 Å². The van der Waals surface area contributed by atoms with E-state index >= 15 is 0 Å². The Hall–Kier alpha value is -5.00. The van der Waals surface area contributed by atoms with Crippen molar-refractivity contribution in [3.05, 3.63) is 140 Å². The normalized spacial score (nSPS) is 15.5. The van der Waals surface area contributed by atoms with Gasteiger partial charge in [-0.15, -0.1) is 0 Å². The van der Waals surface area contributed by atoms with Gasteiger partial charge in [0.15, 0.2) is 0 Å². The molecule has 0 spiro atoms. The number of hydrogen-bond acceptors (Lipinski definition) is 3. The predicted octanol–water partition coefficient (Wildman–Crippen LogP) is 7.91. The number of ether oxygens (including phenoxy) is 1. The van der Waals surface area contributed by atoms with Crippen molar-refractivity contribution in [1.82, 2.24) is 0 Å². The van der Waals surface area contributed by atoms with Crippen LogP contribution in [0.3, 0.4) is 0 Å². The molecule has 4 heteroatoms. The number of anilines is 6. The first-order valence-corrected chi connectivity index (χ1v) is 18.1. The molecule has 42 heavy (non-hydrogen) atoms. The average molecular weight is 597 g/mol. The molecule has 0 N–H and O–H groups in total. The minimum atomic E-state index is -2.62. The van der Waals surface area contributed by atoms with Crippen molar-refractivity contribution in [2.45, 2.75) is 0 Å². The Morgan fingerprint density at radius 3 is 1.76 bits per heavy atom. The summed E-state index contributed by atoms with van der Waals surface area (Å²) < 4.78 is 11.1. The van der Waals surface area contributed by atoms with E-state index in [2.05, 4.69) is 149 Å². The van der Waals surface area contributed by atoms with Gasteiger partial charge < -0.3 is 0 Å². The molecule has 196 valence electrons. The second kappa shape index (κ2) is 8.28. The zero-order chi connectivity index (χ0) is 27.4. The molecule has 1 unspecified atom stereocenters. The molecule has 0 amide bonds. The molecule has 0 saturated heterocycles. The quantitative estimate of drug-likeness (QED) is 0.149. The Labute approximate surface area is 247 Å². The number of fused-ring (bicyclic) bond motifs is 4. The van der Waals surface area contributed by atoms with Gasteiger partial charge in [0.1, 0.15) is 0 Å². The van der Waals surface area contributed by atoms with E-state index in [4.69, 9.17) is 4.74 Å². The van der Waals surface area contributed by atoms with Crippen molar-refractivity contribution >= 4 is 83.2 Å². The monoisotopic (exact) mass is 598 g/mol. The molecule has 7 aromatic rings. The molecule has 7 aromatic carbocycles. The van der Waals surface area contributed by atoms with Crippen molar-refractivity contribution in [1.29, 1.82) is 0 Å². The van der Waals surface area contributed by atoms with Crippen LogP contribution in [-0.2, 0) is 0 Å². The first-order chi connectivity index (χ1) is 20.9. The molecule has 3 aliphatic heterocycles. The van der Waals surface area contributed by atoms with Crippen LogP contribution in [0.1, 0.15) is 0 Å². The van der Waals surface area contributed by atoms with Gasteiger partial charge >= 0.3 is 249 Å². The van der Waals surface area contributed by atoms with Crippen LogP contribution in [0.5, 0.6) is 11.5 Å². The van der Waals surface area contributed by atoms with Crippen LogP contribution in [0, 0.1) is 0 Å². The SMILES string of the molecule is c1ccc(N2c3cccc4[c]3[GeH]3[c]5c(cccc5N(c5ccccc5)c5[c]3c2cc2c5ccc3ccccc32)O4)cc1. The number of hydrogen-bond donors (Lipinski definition) is 0. The third kappa shape index (κ3) is 2.86. The molecule has 3 nitrogen and oxygen atoms in total. The Morgan fingerprint density at radius 2 is 1.05 bits per heavy atom. The molecule has 3 aliphatic rings. The van der Waals surface area contributed by atoms with Crippen LogP contribution >= 0.6 is 0 Å². The van der Waals surface area contributed by atoms with Crippen LogP contribution in [0.4, 0.5) is 34.1 Å². The van der Waals surface area contributed by atoms with Crippen molar-refractivity contribution in [2.24, 2.45) is 0 Å². The van der Waals surface area contributed by atoms with Crippen LogP contribution in [0.15, 0.2) is 140 Å². The third-order valence-electron chi connectivity index (χ3n) is 9.19. The molecule has 10 rings (SSSR count). The van der Waals surface area contributed by atoms with Gasteiger partial charge in [-0.3, -0.25) is 0 Å². The van der Waals surface area contributed by atoms with E-state index < -0.39 is 14.3 Å². The van der Waals surface area contributed by atoms with Gasteiger partial charge in [-0.1, -0.05) is 0 Å². The predicted molar refractivity (Wildman–Crippen MR) is 177 cm³/mol. The number of nitrogens with zero attached hydrogens (tertiary/aromatic N) is 2. The maximum absolute atomic E-state index is 6.76. The van der Waals surface area contributed by atoms with Gasteiger partial charge in [-0.25, -0.2) is 0 Å². The van der Waals surface area contributed by atoms with Gasteiger partial charge in [0.25, 0.3) is 0 Å². The minimum absolute atomic E-state index is 1.02. The number of rotatable bonds is 2. The second-order valence-electron chi connectivity index (χ2n) is 11.3. The topological polar surface area (TPSA) is 15.7 Å². The van der Waals surface area contributed by atoms with Gasteiger partial charge in [0.05, 0.1) is 0 Å². The van der Waals surface area contributed by atoms with Crippen LogP contribution in [0.25, 0.3) is 21.5 Å². The van der Waals surface area contributed by atoms with Crippen molar-refractivity contribution in [3.63, 3.8) is 0 Å². The molecule has 0 fully saturated rings. The van der Waals surface area contributed by atoms with E-state index in [-0.39, 0.29) is 0 Å². The summed E-state index contributed by atoms with van der Waals surface area (Å²) in [6.07, 6.45) is 0. The summed E-state index contributed by atoms with van der Waals surface area (Å²) in [6.45, 7) is 0. The summed E-state index contributed by atoms with van der Waals surface area (Å²) in [4.78, 5) is 5.01. The van der Waals surface area contributed by atoms with E-state index in [1.165, 1.54) is 68.9 Å². The van der Waals surface area contributed by atoms with Gasteiger partial charge in [0, 0.05) is 0 Å². The first kappa shape index (κ1) is 22.7. The second-order valence-corrected chi connectivity index (χ2v) is 16.7. The Morgan fingerprint density at radius 1 is 0.429 bits per heavy atom. The van der Waals surface area contributed by atoms with Crippen LogP contribution in [0.2, 0.25) is 0 Å². The summed E-state index contributed by atoms with van der Waals surface area (Å²) >= 11 is -2.62. The standard InChI is InChI=1S/C38H24GeN2O/c1-3-12-25(13-4-1)40-30-17-9-19-33-35(30)39-36-31(18-10-20-34(36)42-33)41(26-14-5-2-6-15-26)38-28-22-21-24-11-7-8-16-27(24)29(28)23-32(40)37(38)39/h1-23,39H. The zero-order valence-electron chi connectivity index (χ0n) is 22.7. The van der Waals surface area contributed by atoms with Gasteiger partial charge in [-0.05, 0) is 0 Å². The molecule has 0 aliphatic carbocycles. The summed E-state index contributed by atoms with van der Waals surface area (Å²) in [5.74, 6) is 2.04. The van der Waals surface area contributed by atoms with Crippen molar-refractivity contribution < 1.29 is 4.74 Å².